The SMILES string of the molecule is Ic1ccc(Oc2ccc(-[s+]3c4ccc(Oc5ccc(I)cc5)cc4c4cc(Oc5ccc(I)cc5)ccc43)cc2)cc1. The molecule has 0 spiro atoms. The van der Waals surface area contributed by atoms with Crippen molar-refractivity contribution >= 4 is 98.4 Å². The molecule has 43 heavy (non-hydrogen) atoms. The van der Waals surface area contributed by atoms with Crippen molar-refractivity contribution in [3.8, 4) is 39.4 Å². The largest absolute Gasteiger partial charge is 0.457 e. The zero-order valence-electron chi connectivity index (χ0n) is 22.5. The molecule has 1 heterocycles. The maximum Gasteiger partial charge on any atom is 0.188 e. The predicted molar refractivity (Wildman–Crippen MR) is 203 cm³/mol. The van der Waals surface area contributed by atoms with E-state index in [1.807, 2.05) is 48.5 Å². The lowest BCUT2D eigenvalue weighted by atomic mass is 10.1. The minimum absolute atomic E-state index is 0.284. The lowest BCUT2D eigenvalue weighted by molar-refractivity contribution is 0.482. The van der Waals surface area contributed by atoms with Crippen LogP contribution in [-0.2, 0) is 0 Å². The normalized spacial score (nSPS) is 11.1. The Morgan fingerprint density at radius 2 is 0.651 bits per heavy atom. The number of hydrogen-bond donors (Lipinski definition) is 0. The topological polar surface area (TPSA) is 27.7 Å². The van der Waals surface area contributed by atoms with Crippen LogP contribution in [0.1, 0.15) is 0 Å². The summed E-state index contributed by atoms with van der Waals surface area (Å²) in [5.74, 6) is 4.89. The second kappa shape index (κ2) is 12.6. The molecule has 0 radical (unpaired) electrons. The maximum absolute atomic E-state index is 6.28. The summed E-state index contributed by atoms with van der Waals surface area (Å²) in [7, 11) is -0.284. The van der Waals surface area contributed by atoms with Crippen LogP contribution in [0.15, 0.2) is 133 Å². The number of fused-ring (bicyclic) bond motifs is 3. The molecule has 3 nitrogen and oxygen atoms in total. The molecule has 7 heteroatoms. The van der Waals surface area contributed by atoms with E-state index in [1.165, 1.54) is 25.0 Å². The smallest absolute Gasteiger partial charge is 0.188 e. The van der Waals surface area contributed by atoms with Gasteiger partial charge < -0.3 is 14.2 Å². The van der Waals surface area contributed by atoms with Crippen molar-refractivity contribution in [2.75, 3.05) is 0 Å². The Morgan fingerprint density at radius 3 is 1.02 bits per heavy atom. The first-order valence-corrected chi connectivity index (χ1v) is 17.9. The zero-order valence-corrected chi connectivity index (χ0v) is 29.8. The molecule has 7 rings (SSSR count). The average Bonchev–Trinajstić information content (AvgIpc) is 3.34. The molecule has 0 fully saturated rings. The van der Waals surface area contributed by atoms with E-state index in [0.717, 1.165) is 45.3 Å². The van der Waals surface area contributed by atoms with Crippen LogP contribution in [0.3, 0.4) is 0 Å². The fourth-order valence-electron chi connectivity index (χ4n) is 4.85. The summed E-state index contributed by atoms with van der Waals surface area (Å²) in [6.07, 6.45) is 0. The molecule has 0 saturated heterocycles. The Bertz CT molecular complexity index is 1950. The summed E-state index contributed by atoms with van der Waals surface area (Å²) in [6, 6.07) is 45.6. The standard InChI is InChI=1S/C36H22I3O3S/c37-23-1-7-26(8-2-23)40-29-13-17-32(18-14-29)43-35-19-15-30(41-27-9-3-24(38)4-10-27)21-33(35)34-22-31(16-20-36(34)43)42-28-11-5-25(39)6-12-28/h1-22H/q+1. The van der Waals surface area contributed by atoms with Crippen LogP contribution in [0.4, 0.5) is 0 Å². The third-order valence-electron chi connectivity index (χ3n) is 6.84. The third kappa shape index (κ3) is 6.50. The van der Waals surface area contributed by atoms with Crippen LogP contribution in [0.2, 0.25) is 0 Å². The number of benzene rings is 6. The van der Waals surface area contributed by atoms with Crippen molar-refractivity contribution in [1.82, 2.24) is 0 Å². The van der Waals surface area contributed by atoms with E-state index in [2.05, 4.69) is 153 Å². The van der Waals surface area contributed by atoms with Gasteiger partial charge >= 0.3 is 0 Å². The Labute approximate surface area is 293 Å². The van der Waals surface area contributed by atoms with Gasteiger partial charge in [-0.05, 0) is 177 Å². The van der Waals surface area contributed by atoms with Gasteiger partial charge in [-0.15, -0.1) is 0 Å². The Hall–Kier alpha value is -2.87. The molecule has 0 bridgehead atoms. The summed E-state index contributed by atoms with van der Waals surface area (Å²) < 4.78 is 24.7. The number of ether oxygens (including phenoxy) is 3. The van der Waals surface area contributed by atoms with Crippen molar-refractivity contribution in [3.63, 3.8) is 0 Å². The fourth-order valence-corrected chi connectivity index (χ4v) is 8.27. The van der Waals surface area contributed by atoms with Crippen molar-refractivity contribution in [1.29, 1.82) is 0 Å². The minimum Gasteiger partial charge on any atom is -0.457 e. The van der Waals surface area contributed by atoms with E-state index in [1.54, 1.807) is 0 Å². The second-order valence-corrected chi connectivity index (χ2v) is 15.5. The fraction of sp³-hybridized carbons (Fsp3) is 0. The summed E-state index contributed by atoms with van der Waals surface area (Å²) >= 11 is 6.91. The molecule has 0 amide bonds. The van der Waals surface area contributed by atoms with Gasteiger partial charge in [0, 0.05) is 45.4 Å². The lowest BCUT2D eigenvalue weighted by Crippen LogP contribution is -1.84. The van der Waals surface area contributed by atoms with Crippen molar-refractivity contribution in [2.45, 2.75) is 0 Å². The number of hydrogen-bond acceptors (Lipinski definition) is 3. The predicted octanol–water partition coefficient (Wildman–Crippen LogP) is 12.9. The molecular weight excluding hydrogens is 893 g/mol. The molecule has 7 aromatic rings. The van der Waals surface area contributed by atoms with Gasteiger partial charge in [0.15, 0.2) is 14.3 Å². The van der Waals surface area contributed by atoms with Crippen LogP contribution in [0.5, 0.6) is 34.5 Å². The molecule has 0 N–H and O–H groups in total. The van der Waals surface area contributed by atoms with Crippen LogP contribution >= 0.6 is 78.2 Å². The van der Waals surface area contributed by atoms with E-state index in [0.29, 0.717) is 0 Å². The summed E-state index contributed by atoms with van der Waals surface area (Å²) in [5, 5.41) is 2.32. The Balaban J connectivity index is 1.30. The minimum atomic E-state index is -0.284. The number of rotatable bonds is 7. The molecule has 0 atom stereocenters. The van der Waals surface area contributed by atoms with E-state index in [9.17, 15) is 0 Å². The van der Waals surface area contributed by atoms with Gasteiger partial charge in [0.1, 0.15) is 34.5 Å². The van der Waals surface area contributed by atoms with E-state index >= 15 is 0 Å². The monoisotopic (exact) mass is 915 g/mol. The molecule has 210 valence electrons. The number of halogens is 3. The summed E-state index contributed by atoms with van der Waals surface area (Å²) in [4.78, 5) is 1.23. The van der Waals surface area contributed by atoms with Gasteiger partial charge in [0.05, 0.1) is 10.8 Å². The first-order chi connectivity index (χ1) is 21.0. The first-order valence-electron chi connectivity index (χ1n) is 13.4. The molecule has 0 aliphatic carbocycles. The number of thiophene rings is 1. The van der Waals surface area contributed by atoms with E-state index in [4.69, 9.17) is 14.2 Å². The quantitative estimate of drug-likeness (QED) is 0.118. The van der Waals surface area contributed by atoms with Gasteiger partial charge in [-0.1, -0.05) is 0 Å². The highest BCUT2D eigenvalue weighted by Gasteiger charge is 2.25. The first kappa shape index (κ1) is 28.9. The summed E-state index contributed by atoms with van der Waals surface area (Å²) in [6.45, 7) is 0. The zero-order chi connectivity index (χ0) is 29.3. The molecule has 6 aromatic carbocycles. The molecule has 1 aromatic heterocycles. The van der Waals surface area contributed by atoms with Crippen molar-refractivity contribution < 1.29 is 14.2 Å². The molecular formula is C36H22I3O3S+. The van der Waals surface area contributed by atoms with E-state index in [-0.39, 0.29) is 10.5 Å². The van der Waals surface area contributed by atoms with Gasteiger partial charge in [0.25, 0.3) is 0 Å². The Morgan fingerprint density at radius 1 is 0.349 bits per heavy atom. The van der Waals surface area contributed by atoms with Crippen LogP contribution in [0, 0.1) is 10.7 Å². The molecule has 0 aliphatic rings. The van der Waals surface area contributed by atoms with Crippen LogP contribution < -0.4 is 14.2 Å². The van der Waals surface area contributed by atoms with Crippen molar-refractivity contribution in [2.24, 2.45) is 0 Å². The highest BCUT2D eigenvalue weighted by Crippen LogP contribution is 2.50. The van der Waals surface area contributed by atoms with Gasteiger partial charge in [-0.2, -0.15) is 0 Å². The average molecular weight is 915 g/mol. The summed E-state index contributed by atoms with van der Waals surface area (Å²) in [5.41, 5.74) is 0. The second-order valence-electron chi connectivity index (χ2n) is 9.76. The Kier molecular flexibility index (Phi) is 8.48. The molecule has 0 aliphatic heterocycles. The van der Waals surface area contributed by atoms with Crippen LogP contribution in [0.25, 0.3) is 25.1 Å². The van der Waals surface area contributed by atoms with Gasteiger partial charge in [-0.25, -0.2) is 0 Å². The highest BCUT2D eigenvalue weighted by molar-refractivity contribution is 14.1. The van der Waals surface area contributed by atoms with E-state index < -0.39 is 0 Å². The lowest BCUT2D eigenvalue weighted by Gasteiger charge is -2.06. The van der Waals surface area contributed by atoms with Crippen molar-refractivity contribution in [3.05, 3.63) is 144 Å². The molecule has 0 saturated carbocycles. The molecule has 0 unspecified atom stereocenters. The maximum atomic E-state index is 6.28. The van der Waals surface area contributed by atoms with Gasteiger partial charge in [-0.3, -0.25) is 0 Å². The highest BCUT2D eigenvalue weighted by atomic mass is 127. The van der Waals surface area contributed by atoms with Gasteiger partial charge in [0.2, 0.25) is 0 Å². The van der Waals surface area contributed by atoms with Crippen LogP contribution in [-0.4, -0.2) is 0 Å². The third-order valence-corrected chi connectivity index (χ3v) is 11.3.